The highest BCUT2D eigenvalue weighted by Crippen LogP contribution is 2.16. The van der Waals surface area contributed by atoms with E-state index in [9.17, 15) is 5.11 Å². The van der Waals surface area contributed by atoms with Crippen LogP contribution in [-0.2, 0) is 6.54 Å². The smallest absolute Gasteiger partial charge is 0.0833 e. The Morgan fingerprint density at radius 2 is 2.18 bits per heavy atom. The maximum absolute atomic E-state index is 9.98. The van der Waals surface area contributed by atoms with E-state index in [1.165, 1.54) is 0 Å². The molecule has 0 saturated carbocycles. The van der Waals surface area contributed by atoms with Crippen molar-refractivity contribution in [3.05, 3.63) is 34.3 Å². The molecule has 0 spiro atoms. The summed E-state index contributed by atoms with van der Waals surface area (Å²) in [5.41, 5.74) is 1.57. The fourth-order valence-corrected chi connectivity index (χ4v) is 2.51. The monoisotopic (exact) mass is 273 g/mol. The summed E-state index contributed by atoms with van der Waals surface area (Å²) in [5, 5.41) is 14.0. The molecule has 1 aromatic carbocycles. The van der Waals surface area contributed by atoms with Crippen molar-refractivity contribution in [2.45, 2.75) is 26.0 Å². The zero-order valence-electron chi connectivity index (χ0n) is 10.6. The molecule has 2 N–H and O–H groups in total. The first-order valence-corrected chi connectivity index (χ1v) is 7.39. The summed E-state index contributed by atoms with van der Waals surface area (Å²) in [6.07, 6.45) is 1.99. The van der Waals surface area contributed by atoms with Crippen LogP contribution in [0.3, 0.4) is 0 Å². The Hall–Kier alpha value is -0.220. The summed E-state index contributed by atoms with van der Waals surface area (Å²) in [7, 11) is 0. The van der Waals surface area contributed by atoms with Gasteiger partial charge in [0.25, 0.3) is 0 Å². The van der Waals surface area contributed by atoms with Crippen LogP contribution in [-0.4, -0.2) is 29.3 Å². The molecule has 0 heterocycles. The van der Waals surface area contributed by atoms with Gasteiger partial charge in [0.15, 0.2) is 0 Å². The molecule has 1 aromatic rings. The van der Waals surface area contributed by atoms with Crippen LogP contribution in [0.1, 0.15) is 18.1 Å². The summed E-state index contributed by atoms with van der Waals surface area (Å²) >= 11 is 7.70. The van der Waals surface area contributed by atoms with Crippen molar-refractivity contribution in [1.29, 1.82) is 0 Å². The Kier molecular flexibility index (Phi) is 5.80. The number of thioether (sulfide) groups is 1. The van der Waals surface area contributed by atoms with Gasteiger partial charge in [0.2, 0.25) is 0 Å². The topological polar surface area (TPSA) is 32.3 Å². The lowest BCUT2D eigenvalue weighted by atomic mass is 10.1. The Morgan fingerprint density at radius 1 is 1.47 bits per heavy atom. The number of rotatable bonds is 6. The average molecular weight is 274 g/mol. The van der Waals surface area contributed by atoms with Gasteiger partial charge in [-0.2, -0.15) is 11.8 Å². The summed E-state index contributed by atoms with van der Waals surface area (Å²) in [6, 6.07) is 6.03. The van der Waals surface area contributed by atoms with Gasteiger partial charge < -0.3 is 10.4 Å². The molecule has 0 aliphatic heterocycles. The summed E-state index contributed by atoms with van der Waals surface area (Å²) in [4.78, 5) is 0. The number of halogens is 1. The quantitative estimate of drug-likeness (QED) is 0.836. The van der Waals surface area contributed by atoms with Crippen molar-refractivity contribution in [3.63, 3.8) is 0 Å². The molecule has 0 aliphatic carbocycles. The van der Waals surface area contributed by atoms with Crippen molar-refractivity contribution in [2.24, 2.45) is 0 Å². The second-order valence-electron chi connectivity index (χ2n) is 4.62. The van der Waals surface area contributed by atoms with Gasteiger partial charge >= 0.3 is 0 Å². The van der Waals surface area contributed by atoms with Crippen LogP contribution in [0.4, 0.5) is 0 Å². The first-order valence-electron chi connectivity index (χ1n) is 5.62. The van der Waals surface area contributed by atoms with Crippen LogP contribution in [0, 0.1) is 6.92 Å². The predicted octanol–water partition coefficient (Wildman–Crippen LogP) is 2.85. The third-order valence-electron chi connectivity index (χ3n) is 2.53. The van der Waals surface area contributed by atoms with E-state index in [0.717, 1.165) is 28.4 Å². The molecule has 1 atom stereocenters. The van der Waals surface area contributed by atoms with Gasteiger partial charge in [0, 0.05) is 23.9 Å². The van der Waals surface area contributed by atoms with Crippen LogP contribution in [0.15, 0.2) is 18.2 Å². The van der Waals surface area contributed by atoms with Gasteiger partial charge in [-0.05, 0) is 37.3 Å². The maximum atomic E-state index is 9.98. The molecule has 0 radical (unpaired) electrons. The van der Waals surface area contributed by atoms with Crippen LogP contribution in [0.2, 0.25) is 5.02 Å². The Balaban J connectivity index is 2.43. The highest BCUT2D eigenvalue weighted by molar-refractivity contribution is 7.98. The summed E-state index contributed by atoms with van der Waals surface area (Å²) in [5.74, 6) is 0.731. The third kappa shape index (κ3) is 5.30. The molecule has 4 heteroatoms. The van der Waals surface area contributed by atoms with E-state index in [1.54, 1.807) is 11.8 Å². The fourth-order valence-electron chi connectivity index (χ4n) is 1.58. The zero-order valence-corrected chi connectivity index (χ0v) is 12.2. The minimum absolute atomic E-state index is 0.583. The van der Waals surface area contributed by atoms with E-state index in [4.69, 9.17) is 11.6 Å². The van der Waals surface area contributed by atoms with Crippen LogP contribution in [0.25, 0.3) is 0 Å². The number of benzene rings is 1. The predicted molar refractivity (Wildman–Crippen MR) is 76.9 cm³/mol. The van der Waals surface area contributed by atoms with E-state index >= 15 is 0 Å². The van der Waals surface area contributed by atoms with Crippen LogP contribution >= 0.6 is 23.4 Å². The molecule has 96 valence electrons. The molecule has 0 saturated heterocycles. The van der Waals surface area contributed by atoms with E-state index in [-0.39, 0.29) is 0 Å². The average Bonchev–Trinajstić information content (AvgIpc) is 2.23. The van der Waals surface area contributed by atoms with E-state index in [1.807, 2.05) is 32.2 Å². The highest BCUT2D eigenvalue weighted by atomic mass is 35.5. The maximum Gasteiger partial charge on any atom is 0.0833 e. The molecule has 0 bridgehead atoms. The Morgan fingerprint density at radius 3 is 2.76 bits per heavy atom. The standard InChI is InChI=1S/C13H20ClNOS/c1-10-4-5-11(6-12(10)14)7-15-8-13(2,16)9-17-3/h4-6,15-16H,7-9H2,1-3H3. The fraction of sp³-hybridized carbons (Fsp3) is 0.538. The molecular weight excluding hydrogens is 254 g/mol. The van der Waals surface area contributed by atoms with Crippen LogP contribution in [0.5, 0.6) is 0 Å². The zero-order chi connectivity index (χ0) is 12.9. The first kappa shape index (κ1) is 14.8. The Bertz CT molecular complexity index is 368. The minimum atomic E-state index is -0.659. The largest absolute Gasteiger partial charge is 0.388 e. The molecule has 1 unspecified atom stereocenters. The van der Waals surface area contributed by atoms with Crippen LogP contribution < -0.4 is 5.32 Å². The number of aliphatic hydroxyl groups is 1. The number of aryl methyl sites for hydroxylation is 1. The van der Waals surface area contributed by atoms with Gasteiger partial charge in [-0.1, -0.05) is 23.7 Å². The van der Waals surface area contributed by atoms with Gasteiger partial charge in [-0.3, -0.25) is 0 Å². The van der Waals surface area contributed by atoms with Gasteiger partial charge in [-0.15, -0.1) is 0 Å². The normalized spacial score (nSPS) is 14.6. The Labute approximate surface area is 113 Å². The van der Waals surface area contributed by atoms with Crippen molar-refractivity contribution in [3.8, 4) is 0 Å². The summed E-state index contributed by atoms with van der Waals surface area (Å²) < 4.78 is 0. The molecule has 2 nitrogen and oxygen atoms in total. The number of hydrogen-bond donors (Lipinski definition) is 2. The van der Waals surface area contributed by atoms with Crippen molar-refractivity contribution < 1.29 is 5.11 Å². The molecular formula is C13H20ClNOS. The van der Waals surface area contributed by atoms with Gasteiger partial charge in [0.05, 0.1) is 5.60 Å². The van der Waals surface area contributed by atoms with E-state index < -0.39 is 5.60 Å². The van der Waals surface area contributed by atoms with Crippen molar-refractivity contribution >= 4 is 23.4 Å². The second-order valence-corrected chi connectivity index (χ2v) is 5.89. The molecule has 0 amide bonds. The highest BCUT2D eigenvalue weighted by Gasteiger charge is 2.18. The van der Waals surface area contributed by atoms with Gasteiger partial charge in [0.1, 0.15) is 0 Å². The molecule has 0 aliphatic rings. The molecule has 1 rings (SSSR count). The lowest BCUT2D eigenvalue weighted by molar-refractivity contribution is 0.0846. The number of hydrogen-bond acceptors (Lipinski definition) is 3. The van der Waals surface area contributed by atoms with E-state index in [0.29, 0.717) is 6.54 Å². The third-order valence-corrected chi connectivity index (χ3v) is 3.84. The first-order chi connectivity index (χ1) is 7.94. The lowest BCUT2D eigenvalue weighted by Gasteiger charge is -2.22. The molecule has 0 aromatic heterocycles. The summed E-state index contributed by atoms with van der Waals surface area (Å²) in [6.45, 7) is 5.14. The minimum Gasteiger partial charge on any atom is -0.388 e. The van der Waals surface area contributed by atoms with Crippen molar-refractivity contribution in [2.75, 3.05) is 18.6 Å². The van der Waals surface area contributed by atoms with Gasteiger partial charge in [-0.25, -0.2) is 0 Å². The SMILES string of the molecule is CSCC(C)(O)CNCc1ccc(C)c(Cl)c1. The van der Waals surface area contributed by atoms with E-state index in [2.05, 4.69) is 11.4 Å². The lowest BCUT2D eigenvalue weighted by Crippen LogP contribution is -2.39. The molecule has 17 heavy (non-hydrogen) atoms. The second kappa shape index (κ2) is 6.64. The number of nitrogens with one attached hydrogen (secondary N) is 1. The van der Waals surface area contributed by atoms with Crippen molar-refractivity contribution in [1.82, 2.24) is 5.32 Å². The molecule has 0 fully saturated rings.